The molecule has 3 N–H and O–H groups in total. The minimum absolute atomic E-state index is 0.276. The first kappa shape index (κ1) is 21.9. The third kappa shape index (κ3) is 4.79. The van der Waals surface area contributed by atoms with Gasteiger partial charge in [0.25, 0.3) is 11.8 Å². The molecule has 1 aromatic carbocycles. The van der Waals surface area contributed by atoms with Gasteiger partial charge in [0.1, 0.15) is 29.3 Å². The second kappa shape index (κ2) is 9.43. The molecule has 0 radical (unpaired) electrons. The fourth-order valence-electron chi connectivity index (χ4n) is 3.49. The number of fused-ring (bicyclic) bond motifs is 1. The molecule has 10 nitrogen and oxygen atoms in total. The number of aromatic nitrogens is 3. The van der Waals surface area contributed by atoms with Crippen molar-refractivity contribution in [2.24, 2.45) is 0 Å². The van der Waals surface area contributed by atoms with Gasteiger partial charge < -0.3 is 16.0 Å². The fraction of sp³-hybridized carbons (Fsp3) is 0.217. The van der Waals surface area contributed by atoms with E-state index in [0.29, 0.717) is 40.9 Å². The summed E-state index contributed by atoms with van der Waals surface area (Å²) < 4.78 is 0. The van der Waals surface area contributed by atoms with Crippen molar-refractivity contribution in [1.29, 1.82) is 0 Å². The van der Waals surface area contributed by atoms with Gasteiger partial charge in [0.05, 0.1) is 11.1 Å². The van der Waals surface area contributed by atoms with Gasteiger partial charge in [-0.25, -0.2) is 15.0 Å². The van der Waals surface area contributed by atoms with Gasteiger partial charge in [0, 0.05) is 25.4 Å². The number of pyridine rings is 1. The summed E-state index contributed by atoms with van der Waals surface area (Å²) >= 11 is 0. The highest BCUT2D eigenvalue weighted by Crippen LogP contribution is 2.24. The van der Waals surface area contributed by atoms with Gasteiger partial charge in [-0.3, -0.25) is 19.3 Å². The molecular weight excluding hydrogens is 422 g/mol. The number of hydrogen-bond donors (Lipinski definition) is 3. The molecule has 33 heavy (non-hydrogen) atoms. The van der Waals surface area contributed by atoms with Crippen molar-refractivity contribution in [2.45, 2.75) is 19.9 Å². The lowest BCUT2D eigenvalue weighted by atomic mass is 10.1. The van der Waals surface area contributed by atoms with Crippen molar-refractivity contribution in [3.63, 3.8) is 0 Å². The van der Waals surface area contributed by atoms with E-state index in [9.17, 15) is 14.4 Å². The van der Waals surface area contributed by atoms with Crippen LogP contribution in [0.1, 0.15) is 33.5 Å². The first-order valence-corrected chi connectivity index (χ1v) is 10.5. The fourth-order valence-corrected chi connectivity index (χ4v) is 3.49. The van der Waals surface area contributed by atoms with Crippen molar-refractivity contribution in [3.8, 4) is 0 Å². The van der Waals surface area contributed by atoms with E-state index in [4.69, 9.17) is 0 Å². The van der Waals surface area contributed by atoms with Crippen LogP contribution in [0, 0.1) is 6.92 Å². The van der Waals surface area contributed by atoms with Crippen LogP contribution in [0.4, 0.5) is 17.5 Å². The molecule has 1 aliphatic rings. The molecule has 1 atom stereocenters. The average Bonchev–Trinajstić information content (AvgIpc) is 3.06. The van der Waals surface area contributed by atoms with Crippen molar-refractivity contribution in [1.82, 2.24) is 25.2 Å². The quantitative estimate of drug-likeness (QED) is 0.355. The maximum Gasteiger partial charge on any atom is 0.262 e. The van der Waals surface area contributed by atoms with Crippen LogP contribution in [0.25, 0.3) is 0 Å². The van der Waals surface area contributed by atoms with Crippen LogP contribution in [0.15, 0.2) is 54.7 Å². The number of rotatable bonds is 8. The molecule has 0 saturated heterocycles. The van der Waals surface area contributed by atoms with Crippen LogP contribution >= 0.6 is 0 Å². The Morgan fingerprint density at radius 1 is 0.939 bits per heavy atom. The number of aryl methyl sites for hydroxylation is 1. The lowest BCUT2D eigenvalue weighted by Crippen LogP contribution is -2.48. The number of amides is 3. The summed E-state index contributed by atoms with van der Waals surface area (Å²) in [5.41, 5.74) is 0.635. The van der Waals surface area contributed by atoms with Crippen LogP contribution < -0.4 is 16.0 Å². The number of anilines is 3. The summed E-state index contributed by atoms with van der Waals surface area (Å²) in [5.74, 6) is 1.08. The molecule has 0 fully saturated rings. The maximum absolute atomic E-state index is 12.6. The zero-order chi connectivity index (χ0) is 23.4. The zero-order valence-corrected chi connectivity index (χ0v) is 18.2. The van der Waals surface area contributed by atoms with Crippen LogP contribution in [0.3, 0.4) is 0 Å². The molecule has 10 heteroatoms. The smallest absolute Gasteiger partial charge is 0.262 e. The van der Waals surface area contributed by atoms with E-state index in [-0.39, 0.29) is 6.54 Å². The summed E-state index contributed by atoms with van der Waals surface area (Å²) in [5, 5.41) is 9.00. The Morgan fingerprint density at radius 2 is 1.61 bits per heavy atom. The monoisotopic (exact) mass is 445 g/mol. The molecule has 3 aromatic rings. The topological polar surface area (TPSA) is 129 Å². The van der Waals surface area contributed by atoms with Crippen molar-refractivity contribution in [2.75, 3.05) is 23.7 Å². The Balaban J connectivity index is 1.30. The number of carbonyl (C=O) groups excluding carboxylic acids is 3. The minimum Gasteiger partial charge on any atom is -0.368 e. The highest BCUT2D eigenvalue weighted by atomic mass is 16.2. The van der Waals surface area contributed by atoms with Gasteiger partial charge in [-0.2, -0.15) is 0 Å². The molecule has 0 spiro atoms. The molecule has 4 rings (SSSR count). The number of carbonyl (C=O) groups is 3. The molecule has 1 aliphatic heterocycles. The van der Waals surface area contributed by atoms with Crippen LogP contribution in [-0.2, 0) is 4.79 Å². The molecular formula is C23H23N7O3. The van der Waals surface area contributed by atoms with Crippen LogP contribution in [0.2, 0.25) is 0 Å². The van der Waals surface area contributed by atoms with E-state index in [2.05, 4.69) is 30.9 Å². The Kier molecular flexibility index (Phi) is 6.25. The molecule has 1 unspecified atom stereocenters. The Bertz CT molecular complexity index is 1160. The Morgan fingerprint density at radius 3 is 2.27 bits per heavy atom. The van der Waals surface area contributed by atoms with Crippen molar-refractivity contribution >= 4 is 35.2 Å². The number of imide groups is 1. The molecule has 0 bridgehead atoms. The molecule has 0 aliphatic carbocycles. The van der Waals surface area contributed by atoms with Gasteiger partial charge in [-0.1, -0.05) is 18.2 Å². The van der Waals surface area contributed by atoms with E-state index in [1.807, 2.05) is 18.2 Å². The SMILES string of the molecule is Cc1nc(NCCNC(=O)C(C)N2C(=O)c3ccccc3C2=O)cc(Nc2ccccn2)n1. The molecule has 0 saturated carbocycles. The van der Waals surface area contributed by atoms with Crippen molar-refractivity contribution < 1.29 is 14.4 Å². The number of nitrogens with zero attached hydrogens (tertiary/aromatic N) is 4. The van der Waals surface area contributed by atoms with Crippen LogP contribution in [-0.4, -0.2) is 56.7 Å². The summed E-state index contributed by atoms with van der Waals surface area (Å²) in [6.07, 6.45) is 1.68. The number of benzene rings is 1. The summed E-state index contributed by atoms with van der Waals surface area (Å²) in [4.78, 5) is 51.6. The molecule has 3 heterocycles. The lowest BCUT2D eigenvalue weighted by Gasteiger charge is -2.21. The highest BCUT2D eigenvalue weighted by molar-refractivity contribution is 6.22. The summed E-state index contributed by atoms with van der Waals surface area (Å²) in [6, 6.07) is 12.9. The predicted molar refractivity (Wildman–Crippen MR) is 122 cm³/mol. The first-order chi connectivity index (χ1) is 15.9. The largest absolute Gasteiger partial charge is 0.368 e. The maximum atomic E-state index is 12.6. The number of hydrogen-bond acceptors (Lipinski definition) is 8. The normalized spacial score (nSPS) is 13.5. The van der Waals surface area contributed by atoms with Crippen LogP contribution in [0.5, 0.6) is 0 Å². The van der Waals surface area contributed by atoms with E-state index in [1.54, 1.807) is 43.5 Å². The summed E-state index contributed by atoms with van der Waals surface area (Å²) in [6.45, 7) is 3.98. The first-order valence-electron chi connectivity index (χ1n) is 10.5. The van der Waals surface area contributed by atoms with E-state index >= 15 is 0 Å². The van der Waals surface area contributed by atoms with Crippen molar-refractivity contribution in [3.05, 3.63) is 71.7 Å². The minimum atomic E-state index is -0.923. The third-order valence-corrected chi connectivity index (χ3v) is 5.08. The third-order valence-electron chi connectivity index (χ3n) is 5.08. The second-order valence-corrected chi connectivity index (χ2v) is 7.45. The van der Waals surface area contributed by atoms with Gasteiger partial charge in [-0.05, 0) is 38.1 Å². The predicted octanol–water partition coefficient (Wildman–Crippen LogP) is 2.14. The van der Waals surface area contributed by atoms with Gasteiger partial charge in [0.15, 0.2) is 0 Å². The lowest BCUT2D eigenvalue weighted by molar-refractivity contribution is -0.124. The standard InChI is InChI=1S/C23H23N7O3/c1-14(30-22(32)16-7-3-4-8-17(16)23(30)33)21(31)26-12-11-25-19-13-20(28-15(2)27-19)29-18-9-5-6-10-24-18/h3-10,13-14H,11-12H2,1-2H3,(H,26,31)(H2,24,25,27,28,29). The molecule has 2 aromatic heterocycles. The zero-order valence-electron chi connectivity index (χ0n) is 18.2. The Labute approximate surface area is 190 Å². The number of nitrogens with one attached hydrogen (secondary N) is 3. The second-order valence-electron chi connectivity index (χ2n) is 7.45. The van der Waals surface area contributed by atoms with Gasteiger partial charge in [-0.15, -0.1) is 0 Å². The molecule has 3 amide bonds. The van der Waals surface area contributed by atoms with Gasteiger partial charge in [0.2, 0.25) is 5.91 Å². The van der Waals surface area contributed by atoms with E-state index < -0.39 is 23.8 Å². The van der Waals surface area contributed by atoms with E-state index in [1.165, 1.54) is 6.92 Å². The summed E-state index contributed by atoms with van der Waals surface area (Å²) in [7, 11) is 0. The Hall–Kier alpha value is -4.34. The average molecular weight is 445 g/mol. The highest BCUT2D eigenvalue weighted by Gasteiger charge is 2.40. The van der Waals surface area contributed by atoms with Gasteiger partial charge >= 0.3 is 0 Å². The molecule has 168 valence electrons. The van der Waals surface area contributed by atoms with E-state index in [0.717, 1.165) is 4.90 Å².